The Kier molecular flexibility index (Phi) is 4.64. The molecule has 3 rings (SSSR count). The Morgan fingerprint density at radius 3 is 2.79 bits per heavy atom. The molecule has 0 radical (unpaired) electrons. The number of hydrogen-bond acceptors (Lipinski definition) is 4. The fourth-order valence-electron chi connectivity index (χ4n) is 3.51. The molecule has 0 bridgehead atoms. The number of nitrogens with zero attached hydrogens (tertiary/aromatic N) is 2. The summed E-state index contributed by atoms with van der Waals surface area (Å²) in [4.78, 5) is 27.4. The summed E-state index contributed by atoms with van der Waals surface area (Å²) in [6.45, 7) is 4.03. The summed E-state index contributed by atoms with van der Waals surface area (Å²) in [6, 6.07) is 9.64. The van der Waals surface area contributed by atoms with E-state index in [4.69, 9.17) is 9.47 Å². The van der Waals surface area contributed by atoms with Gasteiger partial charge in [0.2, 0.25) is 0 Å². The van der Waals surface area contributed by atoms with Crippen LogP contribution in [0.2, 0.25) is 0 Å². The van der Waals surface area contributed by atoms with Crippen molar-refractivity contribution in [1.29, 1.82) is 0 Å². The van der Waals surface area contributed by atoms with Crippen molar-refractivity contribution in [2.75, 3.05) is 26.7 Å². The summed E-state index contributed by atoms with van der Waals surface area (Å²) in [6.07, 6.45) is 1.24. The van der Waals surface area contributed by atoms with E-state index in [1.165, 1.54) is 0 Å². The molecule has 2 aliphatic rings. The van der Waals surface area contributed by atoms with Crippen molar-refractivity contribution in [3.8, 4) is 0 Å². The first-order chi connectivity index (χ1) is 11.5. The second kappa shape index (κ2) is 6.71. The van der Waals surface area contributed by atoms with E-state index in [1.54, 1.807) is 16.8 Å². The number of ether oxygens (including phenoxy) is 2. The molecule has 2 aliphatic heterocycles. The SMILES string of the molecule is CN1C[C@](C)([C@H]2CCCN(C(=O)OCc3ccccc3)C2)OC1=O. The lowest BCUT2D eigenvalue weighted by Gasteiger charge is -2.39. The van der Waals surface area contributed by atoms with Crippen LogP contribution in [0.1, 0.15) is 25.3 Å². The van der Waals surface area contributed by atoms with Gasteiger partial charge >= 0.3 is 12.2 Å². The Labute approximate surface area is 142 Å². The van der Waals surface area contributed by atoms with Gasteiger partial charge in [0.25, 0.3) is 0 Å². The summed E-state index contributed by atoms with van der Waals surface area (Å²) in [5, 5.41) is 0. The van der Waals surface area contributed by atoms with Crippen LogP contribution >= 0.6 is 0 Å². The number of piperidine rings is 1. The van der Waals surface area contributed by atoms with Crippen LogP contribution in [0, 0.1) is 5.92 Å². The molecule has 1 aromatic rings. The van der Waals surface area contributed by atoms with Gasteiger partial charge in [-0.1, -0.05) is 30.3 Å². The molecule has 2 amide bonds. The third kappa shape index (κ3) is 3.47. The van der Waals surface area contributed by atoms with Crippen molar-refractivity contribution in [2.24, 2.45) is 5.92 Å². The lowest BCUT2D eigenvalue weighted by molar-refractivity contribution is -0.0121. The molecule has 6 nitrogen and oxygen atoms in total. The van der Waals surface area contributed by atoms with Crippen LogP contribution in [0.5, 0.6) is 0 Å². The van der Waals surface area contributed by atoms with Gasteiger partial charge in [-0.05, 0) is 25.3 Å². The zero-order chi connectivity index (χ0) is 17.2. The first-order valence-electron chi connectivity index (χ1n) is 8.38. The molecular formula is C18H24N2O4. The van der Waals surface area contributed by atoms with E-state index in [0.29, 0.717) is 19.6 Å². The van der Waals surface area contributed by atoms with Crippen LogP contribution in [0.4, 0.5) is 9.59 Å². The van der Waals surface area contributed by atoms with Crippen molar-refractivity contribution in [3.05, 3.63) is 35.9 Å². The van der Waals surface area contributed by atoms with Crippen molar-refractivity contribution >= 4 is 12.2 Å². The highest BCUT2D eigenvalue weighted by Gasteiger charge is 2.47. The maximum Gasteiger partial charge on any atom is 0.410 e. The van der Waals surface area contributed by atoms with E-state index in [-0.39, 0.29) is 24.7 Å². The van der Waals surface area contributed by atoms with Crippen LogP contribution in [-0.2, 0) is 16.1 Å². The van der Waals surface area contributed by atoms with Crippen molar-refractivity contribution in [1.82, 2.24) is 9.80 Å². The molecule has 2 fully saturated rings. The molecule has 2 heterocycles. The molecule has 0 aliphatic carbocycles. The van der Waals surface area contributed by atoms with Gasteiger partial charge in [-0.25, -0.2) is 9.59 Å². The highest BCUT2D eigenvalue weighted by Crippen LogP contribution is 2.35. The maximum atomic E-state index is 12.4. The minimum absolute atomic E-state index is 0.129. The number of cyclic esters (lactones) is 1. The Balaban J connectivity index is 1.57. The highest BCUT2D eigenvalue weighted by molar-refractivity contribution is 5.70. The molecule has 2 atom stereocenters. The lowest BCUT2D eigenvalue weighted by Crippen LogP contribution is -2.50. The molecule has 0 aromatic heterocycles. The van der Waals surface area contributed by atoms with E-state index in [1.807, 2.05) is 37.3 Å². The summed E-state index contributed by atoms with van der Waals surface area (Å²) in [7, 11) is 1.74. The largest absolute Gasteiger partial charge is 0.445 e. The van der Waals surface area contributed by atoms with Crippen LogP contribution in [0.3, 0.4) is 0 Å². The average Bonchev–Trinajstić information content (AvgIpc) is 2.87. The van der Waals surface area contributed by atoms with Gasteiger partial charge in [0, 0.05) is 26.1 Å². The second-order valence-corrected chi connectivity index (χ2v) is 6.86. The fraction of sp³-hybridized carbons (Fsp3) is 0.556. The summed E-state index contributed by atoms with van der Waals surface area (Å²) in [5.74, 6) is 0.129. The van der Waals surface area contributed by atoms with Crippen molar-refractivity contribution in [3.63, 3.8) is 0 Å². The summed E-state index contributed by atoms with van der Waals surface area (Å²) < 4.78 is 11.0. The van der Waals surface area contributed by atoms with Crippen LogP contribution in [0.15, 0.2) is 30.3 Å². The number of hydrogen-bond donors (Lipinski definition) is 0. The molecule has 0 N–H and O–H groups in total. The molecule has 2 saturated heterocycles. The second-order valence-electron chi connectivity index (χ2n) is 6.86. The van der Waals surface area contributed by atoms with Gasteiger partial charge in [0.15, 0.2) is 0 Å². The van der Waals surface area contributed by atoms with E-state index < -0.39 is 5.60 Å². The fourth-order valence-corrected chi connectivity index (χ4v) is 3.51. The van der Waals surface area contributed by atoms with Gasteiger partial charge in [0.1, 0.15) is 12.2 Å². The average molecular weight is 332 g/mol. The highest BCUT2D eigenvalue weighted by atomic mass is 16.6. The number of carbonyl (C=O) groups is 2. The number of carbonyl (C=O) groups excluding carboxylic acids is 2. The zero-order valence-electron chi connectivity index (χ0n) is 14.2. The summed E-state index contributed by atoms with van der Waals surface area (Å²) in [5.41, 5.74) is 0.433. The monoisotopic (exact) mass is 332 g/mol. The van der Waals surface area contributed by atoms with Gasteiger partial charge in [-0.2, -0.15) is 0 Å². The molecule has 24 heavy (non-hydrogen) atoms. The molecular weight excluding hydrogens is 308 g/mol. The molecule has 0 unspecified atom stereocenters. The third-order valence-electron chi connectivity index (χ3n) is 4.93. The van der Waals surface area contributed by atoms with Gasteiger partial charge in [0.05, 0.1) is 6.54 Å². The molecule has 6 heteroatoms. The minimum atomic E-state index is -0.537. The molecule has 1 aromatic carbocycles. The normalized spacial score (nSPS) is 27.1. The van der Waals surface area contributed by atoms with E-state index in [2.05, 4.69) is 0 Å². The van der Waals surface area contributed by atoms with Gasteiger partial charge in [-0.15, -0.1) is 0 Å². The first-order valence-corrected chi connectivity index (χ1v) is 8.38. The van der Waals surface area contributed by atoms with E-state index in [9.17, 15) is 9.59 Å². The van der Waals surface area contributed by atoms with Crippen molar-refractivity contribution in [2.45, 2.75) is 32.0 Å². The smallest absolute Gasteiger partial charge is 0.410 e. The topological polar surface area (TPSA) is 59.1 Å². The number of benzene rings is 1. The maximum absolute atomic E-state index is 12.4. The zero-order valence-corrected chi connectivity index (χ0v) is 14.2. The van der Waals surface area contributed by atoms with Gasteiger partial charge in [-0.3, -0.25) is 0 Å². The Bertz CT molecular complexity index is 606. The quantitative estimate of drug-likeness (QED) is 0.854. The predicted octanol–water partition coefficient (Wildman–Crippen LogP) is 2.88. The number of rotatable bonds is 3. The number of likely N-dealkylation sites (tertiary alicyclic amines) is 1. The van der Waals surface area contributed by atoms with Crippen LogP contribution < -0.4 is 0 Å². The van der Waals surface area contributed by atoms with E-state index >= 15 is 0 Å². The van der Waals surface area contributed by atoms with Crippen LogP contribution in [0.25, 0.3) is 0 Å². The standard InChI is InChI=1S/C18H24N2O4/c1-18(13-19(2)16(21)24-18)15-9-6-10-20(11-15)17(22)23-12-14-7-4-3-5-8-14/h3-5,7-8,15H,6,9-13H2,1-2H3/t15-,18+/m0/s1. The Hall–Kier alpha value is -2.24. The Morgan fingerprint density at radius 1 is 1.38 bits per heavy atom. The number of likely N-dealkylation sites (N-methyl/N-ethyl adjacent to an activating group) is 1. The third-order valence-corrected chi connectivity index (χ3v) is 4.93. The lowest BCUT2D eigenvalue weighted by atomic mass is 9.83. The van der Waals surface area contributed by atoms with Crippen molar-refractivity contribution < 1.29 is 19.1 Å². The predicted molar refractivity (Wildman–Crippen MR) is 88.4 cm³/mol. The summed E-state index contributed by atoms with van der Waals surface area (Å²) >= 11 is 0. The number of amides is 2. The van der Waals surface area contributed by atoms with Gasteiger partial charge < -0.3 is 19.3 Å². The molecule has 0 spiro atoms. The van der Waals surface area contributed by atoms with E-state index in [0.717, 1.165) is 18.4 Å². The minimum Gasteiger partial charge on any atom is -0.445 e. The molecule has 0 saturated carbocycles. The molecule has 130 valence electrons. The Morgan fingerprint density at radius 2 is 2.12 bits per heavy atom. The first kappa shape index (κ1) is 16.6. The van der Waals surface area contributed by atoms with Crippen LogP contribution in [-0.4, -0.2) is 54.3 Å².